The first-order valence-corrected chi connectivity index (χ1v) is 16.4. The SMILES string of the molecule is CCCCCCCC(F)(F)CCCCCCC/C=C/C(=O)N1C(=S)OC(c2ccccc2)(c2ccccc2)[C@@H]1C(C)C. The van der Waals surface area contributed by atoms with Crippen LogP contribution in [-0.4, -0.2) is 27.9 Å². The van der Waals surface area contributed by atoms with E-state index < -0.39 is 11.5 Å². The first-order valence-electron chi connectivity index (χ1n) is 15.9. The fourth-order valence-electron chi connectivity index (χ4n) is 6.09. The fourth-order valence-corrected chi connectivity index (χ4v) is 6.42. The van der Waals surface area contributed by atoms with Crippen LogP contribution in [0.2, 0.25) is 0 Å². The predicted molar refractivity (Wildman–Crippen MR) is 173 cm³/mol. The average Bonchev–Trinajstić information content (AvgIpc) is 3.31. The molecular weight excluding hydrogens is 548 g/mol. The van der Waals surface area contributed by atoms with Gasteiger partial charge in [-0.2, -0.15) is 0 Å². The van der Waals surface area contributed by atoms with Crippen molar-refractivity contribution in [3.8, 4) is 0 Å². The van der Waals surface area contributed by atoms with Gasteiger partial charge in [0.25, 0.3) is 11.1 Å². The van der Waals surface area contributed by atoms with Gasteiger partial charge in [0, 0.05) is 24.0 Å². The van der Waals surface area contributed by atoms with E-state index in [1.54, 1.807) is 11.0 Å². The molecular formula is C36H49F2NO2S. The average molecular weight is 598 g/mol. The number of halogens is 2. The lowest BCUT2D eigenvalue weighted by molar-refractivity contribution is -0.124. The molecule has 2 aromatic carbocycles. The Labute approximate surface area is 257 Å². The van der Waals surface area contributed by atoms with Crippen LogP contribution < -0.4 is 0 Å². The number of amides is 1. The van der Waals surface area contributed by atoms with Crippen LogP contribution in [0.25, 0.3) is 0 Å². The zero-order chi connectivity index (χ0) is 30.4. The molecule has 3 nitrogen and oxygen atoms in total. The minimum atomic E-state index is -2.53. The Hall–Kier alpha value is -2.60. The minimum absolute atomic E-state index is 0.00251. The third-order valence-corrected chi connectivity index (χ3v) is 8.51. The molecule has 230 valence electrons. The van der Waals surface area contributed by atoms with E-state index in [0.717, 1.165) is 68.9 Å². The van der Waals surface area contributed by atoms with Gasteiger partial charge in [0.05, 0.1) is 6.04 Å². The summed E-state index contributed by atoms with van der Waals surface area (Å²) in [6, 6.07) is 19.7. The summed E-state index contributed by atoms with van der Waals surface area (Å²) in [7, 11) is 0. The molecule has 0 unspecified atom stereocenters. The Bertz CT molecular complexity index is 1080. The summed E-state index contributed by atoms with van der Waals surface area (Å²) in [5.41, 5.74) is 1.02. The lowest BCUT2D eigenvalue weighted by Crippen LogP contribution is -2.49. The molecule has 0 aliphatic carbocycles. The molecule has 0 aromatic heterocycles. The number of allylic oxidation sites excluding steroid dienone is 1. The van der Waals surface area contributed by atoms with Gasteiger partial charge in [-0.15, -0.1) is 0 Å². The zero-order valence-electron chi connectivity index (χ0n) is 25.7. The van der Waals surface area contributed by atoms with Crippen molar-refractivity contribution in [3.05, 3.63) is 83.9 Å². The summed E-state index contributed by atoms with van der Waals surface area (Å²) in [6.45, 7) is 6.32. The molecule has 0 spiro atoms. The summed E-state index contributed by atoms with van der Waals surface area (Å²) >= 11 is 5.68. The smallest absolute Gasteiger partial charge is 0.268 e. The molecule has 0 saturated carbocycles. The number of unbranched alkanes of at least 4 members (excludes halogenated alkanes) is 9. The molecule has 1 amide bonds. The van der Waals surface area contributed by atoms with Crippen molar-refractivity contribution in [1.82, 2.24) is 4.90 Å². The lowest BCUT2D eigenvalue weighted by Gasteiger charge is -2.37. The van der Waals surface area contributed by atoms with Crippen LogP contribution in [0.1, 0.15) is 115 Å². The Morgan fingerprint density at radius 2 is 1.38 bits per heavy atom. The van der Waals surface area contributed by atoms with Gasteiger partial charge in [0.1, 0.15) is 0 Å². The molecule has 1 atom stereocenters. The molecule has 1 heterocycles. The normalized spacial score (nSPS) is 16.9. The van der Waals surface area contributed by atoms with Crippen LogP contribution in [0.4, 0.5) is 8.78 Å². The van der Waals surface area contributed by atoms with Gasteiger partial charge in [0.2, 0.25) is 5.92 Å². The predicted octanol–water partition coefficient (Wildman–Crippen LogP) is 10.4. The van der Waals surface area contributed by atoms with Crippen molar-refractivity contribution >= 4 is 23.3 Å². The standard InChI is InChI=1S/C36H49F2NO2S/c1-4-5-6-11-20-27-35(37,38)28-21-12-9-7-8-10-19-26-32(40)39-33(29(2)3)36(41-34(39)42,30-22-15-13-16-23-30)31-24-17-14-18-25-31/h13-19,22-26,29,33H,4-12,20-21,27-28H2,1-3H3/b26-19+/t33-/m0/s1. The van der Waals surface area contributed by atoms with Gasteiger partial charge >= 0.3 is 0 Å². The maximum absolute atomic E-state index is 14.1. The van der Waals surface area contributed by atoms with E-state index >= 15 is 0 Å². The molecule has 0 bridgehead atoms. The highest BCUT2D eigenvalue weighted by Crippen LogP contribution is 2.47. The molecule has 3 rings (SSSR count). The van der Waals surface area contributed by atoms with E-state index in [1.165, 1.54) is 0 Å². The number of carbonyl (C=O) groups excluding carboxylic acids is 1. The quantitative estimate of drug-likeness (QED) is 0.0973. The second-order valence-corrected chi connectivity index (χ2v) is 12.3. The van der Waals surface area contributed by atoms with Gasteiger partial charge < -0.3 is 4.74 Å². The molecule has 0 N–H and O–H groups in total. The number of benzene rings is 2. The minimum Gasteiger partial charge on any atom is -0.452 e. The van der Waals surface area contributed by atoms with E-state index in [9.17, 15) is 13.6 Å². The lowest BCUT2D eigenvalue weighted by atomic mass is 9.75. The second kappa shape index (κ2) is 16.9. The van der Waals surface area contributed by atoms with Gasteiger partial charge in [-0.1, -0.05) is 132 Å². The highest BCUT2D eigenvalue weighted by molar-refractivity contribution is 7.80. The summed E-state index contributed by atoms with van der Waals surface area (Å²) in [4.78, 5) is 15.2. The molecule has 1 aliphatic heterocycles. The Morgan fingerprint density at radius 3 is 1.90 bits per heavy atom. The highest BCUT2D eigenvalue weighted by Gasteiger charge is 2.57. The van der Waals surface area contributed by atoms with Crippen molar-refractivity contribution < 1.29 is 18.3 Å². The van der Waals surface area contributed by atoms with Gasteiger partial charge in [-0.25, -0.2) is 8.78 Å². The number of thiocarbonyl (C=S) groups is 1. The Kier molecular flexibility index (Phi) is 13.6. The van der Waals surface area contributed by atoms with Gasteiger partial charge in [0.15, 0.2) is 5.60 Å². The van der Waals surface area contributed by atoms with E-state index in [4.69, 9.17) is 17.0 Å². The molecule has 1 aliphatic rings. The van der Waals surface area contributed by atoms with Crippen LogP contribution in [0, 0.1) is 5.92 Å². The summed E-state index contributed by atoms with van der Waals surface area (Å²) < 4.78 is 34.7. The highest BCUT2D eigenvalue weighted by atomic mass is 32.1. The monoisotopic (exact) mass is 597 g/mol. The molecule has 1 fully saturated rings. The largest absolute Gasteiger partial charge is 0.452 e. The number of nitrogens with zero attached hydrogens (tertiary/aromatic N) is 1. The van der Waals surface area contributed by atoms with Crippen LogP contribution in [0.15, 0.2) is 72.8 Å². The number of hydrogen-bond acceptors (Lipinski definition) is 3. The third-order valence-electron chi connectivity index (χ3n) is 8.23. The van der Waals surface area contributed by atoms with Crippen LogP contribution >= 0.6 is 12.2 Å². The molecule has 2 aromatic rings. The summed E-state index contributed by atoms with van der Waals surface area (Å²) in [6.07, 6.45) is 13.4. The van der Waals surface area contributed by atoms with Gasteiger partial charge in [-0.05, 0) is 49.9 Å². The van der Waals surface area contributed by atoms with E-state index in [1.807, 2.05) is 66.7 Å². The molecule has 6 heteroatoms. The topological polar surface area (TPSA) is 29.5 Å². The molecule has 0 radical (unpaired) electrons. The fraction of sp³-hybridized carbons (Fsp3) is 0.556. The van der Waals surface area contributed by atoms with Crippen molar-refractivity contribution in [2.45, 2.75) is 122 Å². The Morgan fingerprint density at radius 1 is 0.881 bits per heavy atom. The maximum Gasteiger partial charge on any atom is 0.268 e. The summed E-state index contributed by atoms with van der Waals surface area (Å²) in [5, 5.41) is 0.189. The van der Waals surface area contributed by atoms with Crippen molar-refractivity contribution in [1.29, 1.82) is 0 Å². The number of ether oxygens (including phenoxy) is 1. The molecule has 42 heavy (non-hydrogen) atoms. The van der Waals surface area contributed by atoms with Crippen molar-refractivity contribution in [2.24, 2.45) is 5.92 Å². The third kappa shape index (κ3) is 9.20. The van der Waals surface area contributed by atoms with Crippen LogP contribution in [-0.2, 0) is 15.1 Å². The zero-order valence-corrected chi connectivity index (χ0v) is 26.5. The number of carbonyl (C=O) groups is 1. The first kappa shape index (κ1) is 33.9. The second-order valence-electron chi connectivity index (χ2n) is 12.0. The van der Waals surface area contributed by atoms with Crippen LogP contribution in [0.5, 0.6) is 0 Å². The maximum atomic E-state index is 14.1. The number of hydrogen-bond donors (Lipinski definition) is 0. The van der Waals surface area contributed by atoms with Gasteiger partial charge in [-0.3, -0.25) is 9.69 Å². The van der Waals surface area contributed by atoms with E-state index in [0.29, 0.717) is 12.8 Å². The van der Waals surface area contributed by atoms with Crippen molar-refractivity contribution in [2.75, 3.05) is 0 Å². The van der Waals surface area contributed by atoms with Crippen molar-refractivity contribution in [3.63, 3.8) is 0 Å². The Balaban J connectivity index is 1.50. The van der Waals surface area contributed by atoms with E-state index in [2.05, 4.69) is 20.8 Å². The number of alkyl halides is 2. The van der Waals surface area contributed by atoms with Crippen LogP contribution in [0.3, 0.4) is 0 Å². The summed E-state index contributed by atoms with van der Waals surface area (Å²) in [5.74, 6) is -2.64. The van der Waals surface area contributed by atoms with E-state index in [-0.39, 0.29) is 35.9 Å². The molecule has 1 saturated heterocycles. The number of rotatable bonds is 18. The first-order chi connectivity index (χ1) is 20.2.